The fourth-order valence-corrected chi connectivity index (χ4v) is 2.71. The van der Waals surface area contributed by atoms with Gasteiger partial charge in [-0.2, -0.15) is 0 Å². The van der Waals surface area contributed by atoms with E-state index in [0.29, 0.717) is 18.8 Å². The van der Waals surface area contributed by atoms with Crippen LogP contribution in [0.5, 0.6) is 0 Å². The lowest BCUT2D eigenvalue weighted by Crippen LogP contribution is -2.37. The molecule has 0 saturated heterocycles. The summed E-state index contributed by atoms with van der Waals surface area (Å²) in [5.41, 5.74) is 2.26. The van der Waals surface area contributed by atoms with Crippen LogP contribution in [0.3, 0.4) is 0 Å². The molecule has 1 heterocycles. The van der Waals surface area contributed by atoms with Gasteiger partial charge in [-0.05, 0) is 24.6 Å². The lowest BCUT2D eigenvalue weighted by Gasteiger charge is -2.21. The van der Waals surface area contributed by atoms with Crippen molar-refractivity contribution in [3.8, 4) is 0 Å². The van der Waals surface area contributed by atoms with E-state index in [0.717, 1.165) is 28.4 Å². The van der Waals surface area contributed by atoms with Crippen LogP contribution < -0.4 is 5.32 Å². The summed E-state index contributed by atoms with van der Waals surface area (Å²) in [6.07, 6.45) is 0.843. The van der Waals surface area contributed by atoms with Crippen LogP contribution in [0.15, 0.2) is 46.9 Å². The van der Waals surface area contributed by atoms with Crippen LogP contribution in [-0.4, -0.2) is 35.7 Å². The van der Waals surface area contributed by atoms with Gasteiger partial charge in [0.1, 0.15) is 11.2 Å². The zero-order chi connectivity index (χ0) is 16.2. The molecule has 0 unspecified atom stereocenters. The molecular weight excluding hydrogens is 292 g/mol. The normalized spacial score (nSPS) is 11.0. The maximum absolute atomic E-state index is 12.3. The van der Waals surface area contributed by atoms with Gasteiger partial charge < -0.3 is 19.7 Å². The van der Waals surface area contributed by atoms with Gasteiger partial charge in [-0.15, -0.1) is 0 Å². The second kappa shape index (κ2) is 6.71. The molecule has 2 aromatic carbocycles. The summed E-state index contributed by atoms with van der Waals surface area (Å²) in [4.78, 5) is 13.9. The number of furan rings is 1. The Morgan fingerprint density at radius 1 is 1.13 bits per heavy atom. The fourth-order valence-electron chi connectivity index (χ4n) is 2.71. The molecule has 0 aliphatic heterocycles. The molecule has 0 bridgehead atoms. The number of hydrogen-bond acceptors (Lipinski definition) is 3. The zero-order valence-electron chi connectivity index (χ0n) is 13.1. The summed E-state index contributed by atoms with van der Waals surface area (Å²) in [5.74, 6) is 0. The summed E-state index contributed by atoms with van der Waals surface area (Å²) < 4.78 is 5.83. The number of aliphatic hydroxyl groups excluding tert-OH is 1. The van der Waals surface area contributed by atoms with E-state index in [2.05, 4.69) is 5.32 Å². The number of rotatable bonds is 5. The molecule has 0 aliphatic carbocycles. The Kier molecular flexibility index (Phi) is 4.48. The Labute approximate surface area is 134 Å². The van der Waals surface area contributed by atoms with Crippen molar-refractivity contribution in [1.82, 2.24) is 4.90 Å². The van der Waals surface area contributed by atoms with E-state index in [1.807, 2.05) is 49.4 Å². The van der Waals surface area contributed by atoms with Gasteiger partial charge in [-0.1, -0.05) is 25.1 Å². The fraction of sp³-hybridized carbons (Fsp3) is 0.278. The third-order valence-corrected chi connectivity index (χ3v) is 3.78. The number of nitrogens with one attached hydrogen (secondary N) is 1. The van der Waals surface area contributed by atoms with Gasteiger partial charge in [0.2, 0.25) is 0 Å². The minimum absolute atomic E-state index is 0.0456. The highest BCUT2D eigenvalue weighted by Crippen LogP contribution is 2.30. The van der Waals surface area contributed by atoms with Gasteiger partial charge in [0.05, 0.1) is 6.61 Å². The lowest BCUT2D eigenvalue weighted by molar-refractivity contribution is 0.188. The molecule has 0 atom stereocenters. The van der Waals surface area contributed by atoms with E-state index < -0.39 is 0 Å². The lowest BCUT2D eigenvalue weighted by atomic mass is 10.1. The summed E-state index contributed by atoms with van der Waals surface area (Å²) in [6.45, 7) is 2.89. The number of aliphatic hydroxyl groups is 1. The summed E-state index contributed by atoms with van der Waals surface area (Å²) in [7, 11) is 0. The second-order valence-electron chi connectivity index (χ2n) is 5.45. The molecular formula is C18H20N2O3. The number of fused-ring (bicyclic) bond motifs is 3. The molecule has 0 radical (unpaired) electrons. The highest BCUT2D eigenvalue weighted by atomic mass is 16.3. The Bertz CT molecular complexity index is 819. The molecule has 5 nitrogen and oxygen atoms in total. The first-order valence-electron chi connectivity index (χ1n) is 7.81. The van der Waals surface area contributed by atoms with E-state index >= 15 is 0 Å². The van der Waals surface area contributed by atoms with Crippen LogP contribution in [-0.2, 0) is 0 Å². The average molecular weight is 312 g/mol. The summed E-state index contributed by atoms with van der Waals surface area (Å²) in [6, 6.07) is 13.3. The van der Waals surface area contributed by atoms with Crippen molar-refractivity contribution in [2.45, 2.75) is 13.3 Å². The van der Waals surface area contributed by atoms with E-state index in [-0.39, 0.29) is 12.6 Å². The molecule has 5 heteroatoms. The number of nitrogens with zero attached hydrogens (tertiary/aromatic N) is 1. The summed E-state index contributed by atoms with van der Waals surface area (Å²) >= 11 is 0. The Balaban J connectivity index is 1.85. The van der Waals surface area contributed by atoms with Crippen molar-refractivity contribution in [3.05, 3.63) is 42.5 Å². The maximum Gasteiger partial charge on any atom is 0.321 e. The van der Waals surface area contributed by atoms with Crippen molar-refractivity contribution >= 4 is 33.7 Å². The van der Waals surface area contributed by atoms with E-state index in [4.69, 9.17) is 9.52 Å². The molecule has 0 aliphatic rings. The predicted molar refractivity (Wildman–Crippen MR) is 91.7 cm³/mol. The van der Waals surface area contributed by atoms with Crippen LogP contribution in [0.4, 0.5) is 10.5 Å². The molecule has 2 amide bonds. The average Bonchev–Trinajstić information content (AvgIpc) is 2.92. The number of urea groups is 1. The molecule has 3 rings (SSSR count). The van der Waals surface area contributed by atoms with Crippen molar-refractivity contribution in [2.24, 2.45) is 0 Å². The highest BCUT2D eigenvalue weighted by Gasteiger charge is 2.13. The molecule has 23 heavy (non-hydrogen) atoms. The van der Waals surface area contributed by atoms with Crippen LogP contribution in [0.2, 0.25) is 0 Å². The molecule has 2 N–H and O–H groups in total. The number of hydrogen-bond donors (Lipinski definition) is 2. The predicted octanol–water partition coefficient (Wildman–Crippen LogP) is 3.82. The van der Waals surface area contributed by atoms with Gasteiger partial charge >= 0.3 is 6.03 Å². The van der Waals surface area contributed by atoms with Crippen LogP contribution in [0, 0.1) is 0 Å². The van der Waals surface area contributed by atoms with Crippen LogP contribution in [0.25, 0.3) is 21.9 Å². The molecule has 0 fully saturated rings. The smallest absolute Gasteiger partial charge is 0.321 e. The largest absolute Gasteiger partial charge is 0.456 e. The number of benzene rings is 2. The van der Waals surface area contributed by atoms with E-state index in [1.165, 1.54) is 0 Å². The Hall–Kier alpha value is -2.53. The first kappa shape index (κ1) is 15.4. The van der Waals surface area contributed by atoms with Crippen molar-refractivity contribution in [2.75, 3.05) is 25.0 Å². The number of carbonyl (C=O) groups excluding carboxylic acids is 1. The SMILES string of the molecule is CCCN(CCO)C(=O)Nc1ccc2c(c1)oc1ccccc12. The number of amides is 2. The van der Waals surface area contributed by atoms with E-state index in [9.17, 15) is 4.79 Å². The number of anilines is 1. The van der Waals surface area contributed by atoms with Crippen LogP contribution >= 0.6 is 0 Å². The standard InChI is InChI=1S/C18H20N2O3/c1-2-9-20(10-11-21)18(22)19-13-7-8-15-14-5-3-4-6-16(14)23-17(15)12-13/h3-8,12,21H,2,9-11H2,1H3,(H,19,22). The molecule has 1 aromatic heterocycles. The van der Waals surface area contributed by atoms with Crippen LogP contribution in [0.1, 0.15) is 13.3 Å². The van der Waals surface area contributed by atoms with Crippen molar-refractivity contribution in [3.63, 3.8) is 0 Å². The topological polar surface area (TPSA) is 65.7 Å². The van der Waals surface area contributed by atoms with Crippen molar-refractivity contribution < 1.29 is 14.3 Å². The first-order valence-corrected chi connectivity index (χ1v) is 7.81. The quantitative estimate of drug-likeness (QED) is 0.752. The number of carbonyl (C=O) groups is 1. The zero-order valence-corrected chi connectivity index (χ0v) is 13.1. The highest BCUT2D eigenvalue weighted by molar-refractivity contribution is 6.06. The van der Waals surface area contributed by atoms with Gasteiger partial charge in [0.25, 0.3) is 0 Å². The third-order valence-electron chi connectivity index (χ3n) is 3.78. The second-order valence-corrected chi connectivity index (χ2v) is 5.45. The first-order chi connectivity index (χ1) is 11.2. The maximum atomic E-state index is 12.3. The summed E-state index contributed by atoms with van der Waals surface area (Å²) in [5, 5.41) is 14.0. The van der Waals surface area contributed by atoms with Gasteiger partial charge in [-0.25, -0.2) is 4.79 Å². The Morgan fingerprint density at radius 3 is 2.70 bits per heavy atom. The van der Waals surface area contributed by atoms with Gasteiger partial charge in [0, 0.05) is 35.6 Å². The molecule has 0 saturated carbocycles. The van der Waals surface area contributed by atoms with Gasteiger partial charge in [-0.3, -0.25) is 0 Å². The van der Waals surface area contributed by atoms with Gasteiger partial charge in [0.15, 0.2) is 0 Å². The monoisotopic (exact) mass is 312 g/mol. The minimum Gasteiger partial charge on any atom is -0.456 e. The molecule has 3 aromatic rings. The molecule has 120 valence electrons. The minimum atomic E-state index is -0.212. The van der Waals surface area contributed by atoms with E-state index in [1.54, 1.807) is 4.90 Å². The number of para-hydroxylation sites is 1. The Morgan fingerprint density at radius 2 is 1.91 bits per heavy atom. The molecule has 0 spiro atoms. The van der Waals surface area contributed by atoms with Crippen molar-refractivity contribution in [1.29, 1.82) is 0 Å². The third kappa shape index (κ3) is 3.14.